The maximum atomic E-state index is 13.7. The highest BCUT2D eigenvalue weighted by molar-refractivity contribution is 5.90. The van der Waals surface area contributed by atoms with Crippen molar-refractivity contribution in [2.45, 2.75) is 19.9 Å². The van der Waals surface area contributed by atoms with Crippen LogP contribution in [0, 0.1) is 18.6 Å². The quantitative estimate of drug-likeness (QED) is 0.549. The van der Waals surface area contributed by atoms with Crippen LogP contribution >= 0.6 is 0 Å². The van der Waals surface area contributed by atoms with Gasteiger partial charge in [0.15, 0.2) is 5.65 Å². The Kier molecular flexibility index (Phi) is 5.09. The first-order chi connectivity index (χ1) is 14.4. The SMILES string of the molecule is Cc1nc2c(cnn2-c2ccccc2)c(=O)n1CCC(=O)Nc1cc(F)ccc1F. The van der Waals surface area contributed by atoms with Gasteiger partial charge in [-0.05, 0) is 31.2 Å². The van der Waals surface area contributed by atoms with Crippen LogP contribution in [0.2, 0.25) is 0 Å². The number of nitrogens with zero attached hydrogens (tertiary/aromatic N) is 4. The lowest BCUT2D eigenvalue weighted by Crippen LogP contribution is -2.26. The zero-order valence-corrected chi connectivity index (χ0v) is 16.0. The molecule has 30 heavy (non-hydrogen) atoms. The summed E-state index contributed by atoms with van der Waals surface area (Å²) in [5, 5.41) is 6.90. The number of benzene rings is 2. The summed E-state index contributed by atoms with van der Waals surface area (Å²) in [4.78, 5) is 29.5. The molecule has 2 aromatic carbocycles. The number of aryl methyl sites for hydroxylation is 1. The number of para-hydroxylation sites is 1. The summed E-state index contributed by atoms with van der Waals surface area (Å²) >= 11 is 0. The molecule has 1 amide bonds. The fourth-order valence-corrected chi connectivity index (χ4v) is 3.15. The van der Waals surface area contributed by atoms with Gasteiger partial charge in [-0.15, -0.1) is 0 Å². The monoisotopic (exact) mass is 409 g/mol. The van der Waals surface area contributed by atoms with Crippen LogP contribution in [0.25, 0.3) is 16.7 Å². The Morgan fingerprint density at radius 3 is 2.67 bits per heavy atom. The predicted octanol–water partition coefficient (Wildman–Crippen LogP) is 3.20. The van der Waals surface area contributed by atoms with E-state index in [1.54, 1.807) is 11.6 Å². The van der Waals surface area contributed by atoms with Crippen LogP contribution in [0.5, 0.6) is 0 Å². The molecule has 0 saturated carbocycles. The highest BCUT2D eigenvalue weighted by Gasteiger charge is 2.15. The van der Waals surface area contributed by atoms with Crippen molar-refractivity contribution < 1.29 is 13.6 Å². The zero-order chi connectivity index (χ0) is 21.3. The van der Waals surface area contributed by atoms with E-state index in [9.17, 15) is 18.4 Å². The number of nitrogens with one attached hydrogen (secondary N) is 1. The van der Waals surface area contributed by atoms with Gasteiger partial charge in [-0.3, -0.25) is 14.2 Å². The number of anilines is 1. The van der Waals surface area contributed by atoms with Crippen LogP contribution < -0.4 is 10.9 Å². The highest BCUT2D eigenvalue weighted by atomic mass is 19.1. The molecule has 0 aliphatic heterocycles. The van der Waals surface area contributed by atoms with Gasteiger partial charge in [0.1, 0.15) is 22.8 Å². The summed E-state index contributed by atoms with van der Waals surface area (Å²) < 4.78 is 29.9. The summed E-state index contributed by atoms with van der Waals surface area (Å²) in [5.41, 5.74) is 0.616. The van der Waals surface area contributed by atoms with Crippen molar-refractivity contribution in [1.82, 2.24) is 19.3 Å². The number of halogens is 2. The average Bonchev–Trinajstić information content (AvgIpc) is 3.15. The van der Waals surface area contributed by atoms with Crippen molar-refractivity contribution in [2.24, 2.45) is 0 Å². The summed E-state index contributed by atoms with van der Waals surface area (Å²) in [6.45, 7) is 1.69. The molecule has 0 aliphatic rings. The number of carbonyl (C=O) groups excluding carboxylic acids is 1. The Morgan fingerprint density at radius 1 is 1.13 bits per heavy atom. The van der Waals surface area contributed by atoms with Gasteiger partial charge in [0.2, 0.25) is 5.91 Å². The second-order valence-corrected chi connectivity index (χ2v) is 6.67. The maximum Gasteiger partial charge on any atom is 0.264 e. The normalized spacial score (nSPS) is 11.0. The van der Waals surface area contributed by atoms with Crippen LogP contribution in [0.4, 0.5) is 14.5 Å². The van der Waals surface area contributed by atoms with Crippen LogP contribution in [0.15, 0.2) is 59.5 Å². The molecule has 152 valence electrons. The first-order valence-corrected chi connectivity index (χ1v) is 9.19. The minimum atomic E-state index is -0.741. The number of aromatic nitrogens is 4. The Hall–Kier alpha value is -3.88. The van der Waals surface area contributed by atoms with Gasteiger partial charge in [0.05, 0.1) is 17.6 Å². The molecular weight excluding hydrogens is 392 g/mol. The Bertz CT molecular complexity index is 1300. The van der Waals surface area contributed by atoms with E-state index in [1.165, 1.54) is 10.8 Å². The Balaban J connectivity index is 1.57. The molecule has 2 aromatic heterocycles. The number of hydrogen-bond donors (Lipinski definition) is 1. The summed E-state index contributed by atoms with van der Waals surface area (Å²) in [6.07, 6.45) is 1.33. The topological polar surface area (TPSA) is 81.8 Å². The van der Waals surface area contributed by atoms with Crippen LogP contribution in [0.1, 0.15) is 12.2 Å². The third-order valence-electron chi connectivity index (χ3n) is 4.64. The number of amides is 1. The Labute approximate surface area is 169 Å². The second-order valence-electron chi connectivity index (χ2n) is 6.67. The van der Waals surface area contributed by atoms with Gasteiger partial charge in [-0.2, -0.15) is 5.10 Å². The van der Waals surface area contributed by atoms with E-state index < -0.39 is 17.5 Å². The molecule has 0 aliphatic carbocycles. The third-order valence-corrected chi connectivity index (χ3v) is 4.64. The molecule has 2 heterocycles. The average molecular weight is 409 g/mol. The second kappa shape index (κ2) is 7.86. The van der Waals surface area contributed by atoms with Crippen molar-refractivity contribution in [1.29, 1.82) is 0 Å². The van der Waals surface area contributed by atoms with Crippen molar-refractivity contribution in [3.05, 3.63) is 82.5 Å². The first kappa shape index (κ1) is 19.4. The van der Waals surface area contributed by atoms with E-state index in [0.717, 1.165) is 23.9 Å². The largest absolute Gasteiger partial charge is 0.323 e. The fraction of sp³-hybridized carbons (Fsp3) is 0.143. The summed E-state index contributed by atoms with van der Waals surface area (Å²) in [5.74, 6) is -1.54. The van der Waals surface area contributed by atoms with E-state index in [0.29, 0.717) is 16.9 Å². The number of rotatable bonds is 5. The van der Waals surface area contributed by atoms with Crippen LogP contribution in [-0.4, -0.2) is 25.2 Å². The molecule has 0 saturated heterocycles. The Morgan fingerprint density at radius 2 is 1.90 bits per heavy atom. The van der Waals surface area contributed by atoms with Crippen molar-refractivity contribution in [3.8, 4) is 5.69 Å². The minimum absolute atomic E-state index is 0.0346. The molecule has 9 heteroatoms. The van der Waals surface area contributed by atoms with E-state index >= 15 is 0 Å². The molecule has 0 fully saturated rings. The first-order valence-electron chi connectivity index (χ1n) is 9.19. The minimum Gasteiger partial charge on any atom is -0.323 e. The standard InChI is InChI=1S/C21H17F2N5O2/c1-13-25-20-16(12-24-28(20)15-5-3-2-4-6-15)21(30)27(13)10-9-19(29)26-18-11-14(22)7-8-17(18)23/h2-8,11-12H,9-10H2,1H3,(H,26,29). The molecule has 1 N–H and O–H groups in total. The van der Waals surface area contributed by atoms with Gasteiger partial charge in [-0.1, -0.05) is 18.2 Å². The highest BCUT2D eigenvalue weighted by Crippen LogP contribution is 2.16. The number of fused-ring (bicyclic) bond motifs is 1. The van der Waals surface area contributed by atoms with Crippen molar-refractivity contribution in [3.63, 3.8) is 0 Å². The van der Waals surface area contributed by atoms with Gasteiger partial charge in [0, 0.05) is 19.0 Å². The molecular formula is C21H17F2N5O2. The zero-order valence-electron chi connectivity index (χ0n) is 16.0. The van der Waals surface area contributed by atoms with E-state index in [-0.39, 0.29) is 24.2 Å². The lowest BCUT2D eigenvalue weighted by Gasteiger charge is -2.11. The maximum absolute atomic E-state index is 13.7. The molecule has 0 unspecified atom stereocenters. The van der Waals surface area contributed by atoms with Crippen molar-refractivity contribution >= 4 is 22.6 Å². The van der Waals surface area contributed by atoms with Gasteiger partial charge >= 0.3 is 0 Å². The number of carbonyl (C=O) groups is 1. The van der Waals surface area contributed by atoms with Crippen LogP contribution in [0.3, 0.4) is 0 Å². The van der Waals surface area contributed by atoms with Crippen LogP contribution in [-0.2, 0) is 11.3 Å². The molecule has 0 radical (unpaired) electrons. The van der Waals surface area contributed by atoms with Gasteiger partial charge in [0.25, 0.3) is 5.56 Å². The molecule has 0 bridgehead atoms. The van der Waals surface area contributed by atoms with E-state index in [2.05, 4.69) is 15.4 Å². The fourth-order valence-electron chi connectivity index (χ4n) is 3.15. The summed E-state index contributed by atoms with van der Waals surface area (Å²) in [7, 11) is 0. The summed E-state index contributed by atoms with van der Waals surface area (Å²) in [6, 6.07) is 12.1. The van der Waals surface area contributed by atoms with E-state index in [1.807, 2.05) is 30.3 Å². The lowest BCUT2D eigenvalue weighted by atomic mass is 10.2. The molecule has 4 rings (SSSR count). The van der Waals surface area contributed by atoms with Gasteiger partial charge in [-0.25, -0.2) is 18.4 Å². The van der Waals surface area contributed by atoms with Gasteiger partial charge < -0.3 is 5.32 Å². The molecule has 0 spiro atoms. The van der Waals surface area contributed by atoms with E-state index in [4.69, 9.17) is 0 Å². The molecule has 0 atom stereocenters. The lowest BCUT2D eigenvalue weighted by molar-refractivity contribution is -0.116. The smallest absolute Gasteiger partial charge is 0.264 e. The predicted molar refractivity (Wildman–Crippen MR) is 107 cm³/mol. The third kappa shape index (κ3) is 3.69. The molecule has 4 aromatic rings. The number of hydrogen-bond acceptors (Lipinski definition) is 4. The molecule has 7 nitrogen and oxygen atoms in total. The van der Waals surface area contributed by atoms with Crippen molar-refractivity contribution in [2.75, 3.05) is 5.32 Å².